The summed E-state index contributed by atoms with van der Waals surface area (Å²) in [5.74, 6) is 0.633. The highest BCUT2D eigenvalue weighted by Gasteiger charge is 2.31. The monoisotopic (exact) mass is 600 g/mol. The number of carbonyl (C=O) groups is 1. The van der Waals surface area contributed by atoms with Crippen LogP contribution in [0.2, 0.25) is 10.0 Å². The van der Waals surface area contributed by atoms with Gasteiger partial charge < -0.3 is 24.7 Å². The molecule has 4 aromatic carbocycles. The van der Waals surface area contributed by atoms with Crippen molar-refractivity contribution in [3.05, 3.63) is 128 Å². The van der Waals surface area contributed by atoms with E-state index in [1.54, 1.807) is 30.3 Å². The van der Waals surface area contributed by atoms with Crippen LogP contribution in [0, 0.1) is 25.2 Å². The molecule has 0 spiro atoms. The molecule has 1 aliphatic rings. The van der Waals surface area contributed by atoms with Crippen molar-refractivity contribution in [1.29, 1.82) is 5.26 Å². The average molecular weight is 601 g/mol. The first kappa shape index (κ1) is 28.9. The molecule has 0 fully saturated rings. The number of nitrogens with zero attached hydrogens (tertiary/aromatic N) is 1. The molecule has 42 heavy (non-hydrogen) atoms. The number of fused-ring (bicyclic) bond motifs is 1. The van der Waals surface area contributed by atoms with E-state index in [4.69, 9.17) is 47.9 Å². The van der Waals surface area contributed by atoms with Gasteiger partial charge in [0.1, 0.15) is 41.2 Å². The summed E-state index contributed by atoms with van der Waals surface area (Å²) in [5, 5.41) is 11.2. The molecule has 7 nitrogen and oxygen atoms in total. The molecule has 0 aliphatic carbocycles. The van der Waals surface area contributed by atoms with E-state index in [0.717, 1.165) is 22.3 Å². The molecule has 9 heteroatoms. The van der Waals surface area contributed by atoms with Crippen molar-refractivity contribution in [1.82, 2.24) is 0 Å². The number of esters is 1. The molecule has 212 valence electrons. The predicted molar refractivity (Wildman–Crippen MR) is 160 cm³/mol. The first-order chi connectivity index (χ1) is 20.2. The molecule has 0 aromatic heterocycles. The fourth-order valence-corrected chi connectivity index (χ4v) is 4.90. The molecule has 0 saturated heterocycles. The normalized spacial score (nSPS) is 13.9. The number of nitrogens with two attached hydrogens (primary N) is 1. The van der Waals surface area contributed by atoms with Gasteiger partial charge in [0.05, 0.1) is 5.92 Å². The zero-order valence-corrected chi connectivity index (χ0v) is 24.3. The third-order valence-electron chi connectivity index (χ3n) is 6.70. The van der Waals surface area contributed by atoms with Gasteiger partial charge in [0.15, 0.2) is 6.61 Å². The number of hydrogen-bond donors (Lipinski definition) is 1. The second kappa shape index (κ2) is 12.5. The van der Waals surface area contributed by atoms with Crippen LogP contribution in [-0.4, -0.2) is 12.6 Å². The first-order valence-corrected chi connectivity index (χ1v) is 13.8. The number of allylic oxidation sites excluding steroid dienone is 1. The summed E-state index contributed by atoms with van der Waals surface area (Å²) in [5.41, 5.74) is 10.6. The second-order valence-electron chi connectivity index (χ2n) is 9.75. The molecule has 4 aromatic rings. The summed E-state index contributed by atoms with van der Waals surface area (Å²) >= 11 is 12.2. The molecular weight excluding hydrogens is 575 g/mol. The maximum Gasteiger partial charge on any atom is 0.349 e. The van der Waals surface area contributed by atoms with Crippen molar-refractivity contribution in [2.45, 2.75) is 26.4 Å². The van der Waals surface area contributed by atoms with Gasteiger partial charge >= 0.3 is 5.97 Å². The Kier molecular flexibility index (Phi) is 8.58. The quantitative estimate of drug-likeness (QED) is 0.166. The Morgan fingerprint density at radius 3 is 2.38 bits per heavy atom. The summed E-state index contributed by atoms with van der Waals surface area (Å²) in [6, 6.07) is 25.5. The maximum atomic E-state index is 12.5. The van der Waals surface area contributed by atoms with E-state index in [2.05, 4.69) is 6.07 Å². The van der Waals surface area contributed by atoms with E-state index in [1.165, 1.54) is 0 Å². The standard InChI is InChI=1S/C33H26Cl2N2O5/c1-19-12-26(13-20(2)32(19)35)40-18-30(38)41-25-10-11-27-29(15-25)42-33(37)28(16-36)31(27)22-4-3-5-24(14-22)39-17-21-6-8-23(34)9-7-21/h3-15,31H,17-18,37H2,1-2H3. The molecule has 0 bridgehead atoms. The molecule has 1 atom stereocenters. The van der Waals surface area contributed by atoms with Gasteiger partial charge in [0.2, 0.25) is 5.88 Å². The highest BCUT2D eigenvalue weighted by atomic mass is 35.5. The van der Waals surface area contributed by atoms with Crippen LogP contribution in [0.25, 0.3) is 0 Å². The lowest BCUT2D eigenvalue weighted by atomic mass is 9.83. The van der Waals surface area contributed by atoms with Crippen molar-refractivity contribution in [2.75, 3.05) is 6.61 Å². The molecular formula is C33H26Cl2N2O5. The van der Waals surface area contributed by atoms with Crippen LogP contribution in [0.15, 0.2) is 90.3 Å². The van der Waals surface area contributed by atoms with Crippen molar-refractivity contribution < 1.29 is 23.7 Å². The number of nitriles is 1. The van der Waals surface area contributed by atoms with Crippen LogP contribution in [0.3, 0.4) is 0 Å². The molecule has 1 heterocycles. The molecule has 1 unspecified atom stereocenters. The zero-order chi connectivity index (χ0) is 29.8. The van der Waals surface area contributed by atoms with E-state index in [1.807, 2.05) is 62.4 Å². The van der Waals surface area contributed by atoms with Crippen molar-refractivity contribution in [2.24, 2.45) is 5.73 Å². The highest BCUT2D eigenvalue weighted by molar-refractivity contribution is 6.32. The van der Waals surface area contributed by atoms with Crippen LogP contribution in [0.1, 0.15) is 33.7 Å². The summed E-state index contributed by atoms with van der Waals surface area (Å²) in [4.78, 5) is 12.5. The fraction of sp³-hybridized carbons (Fsp3) is 0.152. The van der Waals surface area contributed by atoms with Gasteiger partial charge in [-0.15, -0.1) is 0 Å². The molecule has 0 saturated carbocycles. The van der Waals surface area contributed by atoms with Gasteiger partial charge in [0.25, 0.3) is 0 Å². The second-order valence-corrected chi connectivity index (χ2v) is 10.6. The predicted octanol–water partition coefficient (Wildman–Crippen LogP) is 7.39. The van der Waals surface area contributed by atoms with Crippen molar-refractivity contribution in [3.8, 4) is 29.1 Å². The number of ether oxygens (including phenoxy) is 4. The Morgan fingerprint density at radius 2 is 1.67 bits per heavy atom. The van der Waals surface area contributed by atoms with E-state index in [-0.39, 0.29) is 23.8 Å². The lowest BCUT2D eigenvalue weighted by Gasteiger charge is -2.27. The molecule has 0 radical (unpaired) electrons. The van der Waals surface area contributed by atoms with Gasteiger partial charge in [0, 0.05) is 21.7 Å². The third kappa shape index (κ3) is 6.46. The summed E-state index contributed by atoms with van der Waals surface area (Å²) in [6.45, 7) is 3.78. The lowest BCUT2D eigenvalue weighted by molar-refractivity contribution is -0.136. The van der Waals surface area contributed by atoms with Gasteiger partial charge in [-0.2, -0.15) is 5.26 Å². The third-order valence-corrected chi connectivity index (χ3v) is 7.55. The minimum Gasteiger partial charge on any atom is -0.489 e. The van der Waals surface area contributed by atoms with Crippen molar-refractivity contribution in [3.63, 3.8) is 0 Å². The van der Waals surface area contributed by atoms with Crippen LogP contribution < -0.4 is 24.7 Å². The Hall–Kier alpha value is -4.64. The number of carbonyl (C=O) groups excluding carboxylic acids is 1. The number of halogens is 2. The minimum absolute atomic E-state index is 0.0252. The summed E-state index contributed by atoms with van der Waals surface area (Å²) in [6.07, 6.45) is 0. The van der Waals surface area contributed by atoms with Gasteiger partial charge in [-0.3, -0.25) is 0 Å². The molecule has 2 N–H and O–H groups in total. The Bertz CT molecular complexity index is 1700. The maximum absolute atomic E-state index is 12.5. The fourth-order valence-electron chi connectivity index (χ4n) is 4.67. The van der Waals surface area contributed by atoms with Gasteiger partial charge in [-0.05, 0) is 78.6 Å². The van der Waals surface area contributed by atoms with E-state index in [9.17, 15) is 10.1 Å². The molecule has 1 aliphatic heterocycles. The van der Waals surface area contributed by atoms with Crippen LogP contribution in [0.5, 0.6) is 23.0 Å². The summed E-state index contributed by atoms with van der Waals surface area (Å²) < 4.78 is 22.9. The number of aryl methyl sites for hydroxylation is 2. The molecule has 5 rings (SSSR count). The van der Waals surface area contributed by atoms with E-state index >= 15 is 0 Å². The number of hydrogen-bond acceptors (Lipinski definition) is 7. The van der Waals surface area contributed by atoms with Gasteiger partial charge in [-0.1, -0.05) is 53.5 Å². The zero-order valence-electron chi connectivity index (χ0n) is 22.8. The number of rotatable bonds is 8. The molecule has 0 amide bonds. The SMILES string of the molecule is Cc1cc(OCC(=O)Oc2ccc3c(c2)OC(N)=C(C#N)C3c2cccc(OCc3ccc(Cl)cc3)c2)cc(C)c1Cl. The average Bonchev–Trinajstić information content (AvgIpc) is 2.98. The smallest absolute Gasteiger partial charge is 0.349 e. The Morgan fingerprint density at radius 1 is 0.929 bits per heavy atom. The largest absolute Gasteiger partial charge is 0.489 e. The minimum atomic E-state index is -0.598. The van der Waals surface area contributed by atoms with Crippen LogP contribution >= 0.6 is 23.2 Å². The topological polar surface area (TPSA) is 104 Å². The Labute approximate surface area is 253 Å². The van der Waals surface area contributed by atoms with E-state index < -0.39 is 11.9 Å². The van der Waals surface area contributed by atoms with Crippen LogP contribution in [-0.2, 0) is 11.4 Å². The number of benzene rings is 4. The Balaban J connectivity index is 1.32. The summed E-state index contributed by atoms with van der Waals surface area (Å²) in [7, 11) is 0. The van der Waals surface area contributed by atoms with Gasteiger partial charge in [-0.25, -0.2) is 4.79 Å². The highest BCUT2D eigenvalue weighted by Crippen LogP contribution is 2.44. The van der Waals surface area contributed by atoms with Crippen LogP contribution in [0.4, 0.5) is 0 Å². The van der Waals surface area contributed by atoms with Crippen molar-refractivity contribution >= 4 is 29.2 Å². The van der Waals surface area contributed by atoms with E-state index in [0.29, 0.717) is 39.5 Å². The lowest BCUT2D eigenvalue weighted by Crippen LogP contribution is -2.21. The first-order valence-electron chi connectivity index (χ1n) is 13.0.